The minimum absolute atomic E-state index is 0.00314. The number of benzene rings is 2. The van der Waals surface area contributed by atoms with E-state index >= 15 is 0 Å². The Balaban J connectivity index is 2.07. The summed E-state index contributed by atoms with van der Waals surface area (Å²) in [5.74, 6) is -1.10. The molecule has 0 aliphatic heterocycles. The smallest absolute Gasteiger partial charge is 0.254 e. The number of carbonyl (C=O) groups is 1. The molecule has 2 rings (SSSR count). The first kappa shape index (κ1) is 15.2. The van der Waals surface area contributed by atoms with Gasteiger partial charge in [0, 0.05) is 0 Å². The third kappa shape index (κ3) is 3.67. The van der Waals surface area contributed by atoms with E-state index in [9.17, 15) is 14.3 Å². The van der Waals surface area contributed by atoms with Gasteiger partial charge in [0.15, 0.2) is 0 Å². The highest BCUT2D eigenvalue weighted by molar-refractivity contribution is 5.94. The van der Waals surface area contributed by atoms with Crippen molar-refractivity contribution < 1.29 is 14.3 Å². The predicted octanol–water partition coefficient (Wildman–Crippen LogP) is 2.77. The fourth-order valence-corrected chi connectivity index (χ4v) is 2.05. The van der Waals surface area contributed by atoms with Gasteiger partial charge in [0.25, 0.3) is 5.91 Å². The number of aryl methyl sites for hydroxylation is 1. The fourth-order valence-electron chi connectivity index (χ4n) is 2.05. The molecular formula is C17H18FNO2. The second-order valence-electron chi connectivity index (χ2n) is 5.31. The summed E-state index contributed by atoms with van der Waals surface area (Å²) in [6.07, 6.45) is 0. The molecule has 2 N–H and O–H groups in total. The first-order chi connectivity index (χ1) is 9.90. The molecule has 4 heteroatoms. The van der Waals surface area contributed by atoms with E-state index in [1.165, 1.54) is 12.1 Å². The Labute approximate surface area is 123 Å². The van der Waals surface area contributed by atoms with Gasteiger partial charge in [-0.1, -0.05) is 36.4 Å². The minimum atomic E-state index is -1.21. The van der Waals surface area contributed by atoms with Crippen LogP contribution < -0.4 is 5.32 Å². The minimum Gasteiger partial charge on any atom is -0.384 e. The van der Waals surface area contributed by atoms with E-state index in [0.717, 1.165) is 5.56 Å². The van der Waals surface area contributed by atoms with Crippen LogP contribution in [0.5, 0.6) is 0 Å². The van der Waals surface area contributed by atoms with Crippen LogP contribution in [0.25, 0.3) is 0 Å². The molecule has 2 aromatic carbocycles. The Morgan fingerprint density at radius 1 is 1.24 bits per heavy atom. The second kappa shape index (κ2) is 6.06. The van der Waals surface area contributed by atoms with Gasteiger partial charge in [-0.2, -0.15) is 0 Å². The molecule has 0 saturated carbocycles. The largest absolute Gasteiger partial charge is 0.384 e. The van der Waals surface area contributed by atoms with Crippen LogP contribution >= 0.6 is 0 Å². The molecule has 0 heterocycles. The van der Waals surface area contributed by atoms with Crippen molar-refractivity contribution in [2.75, 3.05) is 6.54 Å². The fraction of sp³-hybridized carbons (Fsp3) is 0.235. The molecule has 0 aliphatic carbocycles. The van der Waals surface area contributed by atoms with Gasteiger partial charge in [-0.3, -0.25) is 4.79 Å². The first-order valence-corrected chi connectivity index (χ1v) is 6.72. The molecule has 0 saturated heterocycles. The van der Waals surface area contributed by atoms with Crippen molar-refractivity contribution in [3.8, 4) is 0 Å². The molecule has 1 amide bonds. The van der Waals surface area contributed by atoms with E-state index in [1.54, 1.807) is 32.0 Å². The van der Waals surface area contributed by atoms with Gasteiger partial charge >= 0.3 is 0 Å². The Kier molecular flexibility index (Phi) is 4.38. The van der Waals surface area contributed by atoms with Gasteiger partial charge in [-0.25, -0.2) is 4.39 Å². The number of hydrogen-bond donors (Lipinski definition) is 2. The number of hydrogen-bond acceptors (Lipinski definition) is 2. The molecule has 110 valence electrons. The molecule has 0 aromatic heterocycles. The summed E-state index contributed by atoms with van der Waals surface area (Å²) in [7, 11) is 0. The molecule has 0 bridgehead atoms. The molecule has 0 radical (unpaired) electrons. The van der Waals surface area contributed by atoms with E-state index in [0.29, 0.717) is 5.56 Å². The number of rotatable bonds is 4. The second-order valence-corrected chi connectivity index (χ2v) is 5.31. The third-order valence-corrected chi connectivity index (χ3v) is 3.36. The van der Waals surface area contributed by atoms with Crippen molar-refractivity contribution >= 4 is 5.91 Å². The Morgan fingerprint density at radius 2 is 1.90 bits per heavy atom. The predicted molar refractivity (Wildman–Crippen MR) is 79.5 cm³/mol. The van der Waals surface area contributed by atoms with Gasteiger partial charge in [0.1, 0.15) is 11.4 Å². The lowest BCUT2D eigenvalue weighted by Gasteiger charge is -2.24. The van der Waals surface area contributed by atoms with E-state index in [2.05, 4.69) is 5.32 Å². The van der Waals surface area contributed by atoms with Crippen LogP contribution in [0.15, 0.2) is 48.5 Å². The number of carbonyl (C=O) groups excluding carboxylic acids is 1. The number of nitrogens with one attached hydrogen (secondary N) is 1. The molecule has 3 nitrogen and oxygen atoms in total. The van der Waals surface area contributed by atoms with Crippen molar-refractivity contribution in [2.24, 2.45) is 0 Å². The Bertz CT molecular complexity index is 638. The van der Waals surface area contributed by atoms with Crippen LogP contribution in [0.1, 0.15) is 28.4 Å². The van der Waals surface area contributed by atoms with Crippen molar-refractivity contribution in [1.29, 1.82) is 0 Å². The highest BCUT2D eigenvalue weighted by Crippen LogP contribution is 2.19. The SMILES string of the molecule is Cc1ccc(C(=O)NCC(C)(O)c2ccccc2)c(F)c1. The van der Waals surface area contributed by atoms with Crippen LogP contribution in [0.3, 0.4) is 0 Å². The quantitative estimate of drug-likeness (QED) is 0.908. The maximum absolute atomic E-state index is 13.7. The molecular weight excluding hydrogens is 269 g/mol. The average Bonchev–Trinajstić information content (AvgIpc) is 2.46. The highest BCUT2D eigenvalue weighted by atomic mass is 19.1. The Morgan fingerprint density at radius 3 is 2.52 bits per heavy atom. The number of amides is 1. The van der Waals surface area contributed by atoms with E-state index in [1.807, 2.05) is 18.2 Å². The number of aliphatic hydroxyl groups is 1. The van der Waals surface area contributed by atoms with Gasteiger partial charge in [-0.15, -0.1) is 0 Å². The standard InChI is InChI=1S/C17H18FNO2/c1-12-8-9-14(15(18)10-12)16(20)19-11-17(2,21)13-6-4-3-5-7-13/h3-10,21H,11H2,1-2H3,(H,19,20). The van der Waals surface area contributed by atoms with Crippen LogP contribution in [0.4, 0.5) is 4.39 Å². The van der Waals surface area contributed by atoms with Crippen LogP contribution in [0.2, 0.25) is 0 Å². The lowest BCUT2D eigenvalue weighted by molar-refractivity contribution is 0.0525. The monoisotopic (exact) mass is 287 g/mol. The van der Waals surface area contributed by atoms with Gasteiger partial charge in [0.2, 0.25) is 0 Å². The first-order valence-electron chi connectivity index (χ1n) is 6.72. The van der Waals surface area contributed by atoms with Gasteiger partial charge in [-0.05, 0) is 37.1 Å². The lowest BCUT2D eigenvalue weighted by atomic mass is 9.96. The lowest BCUT2D eigenvalue weighted by Crippen LogP contribution is -2.38. The molecule has 1 unspecified atom stereocenters. The van der Waals surface area contributed by atoms with Crippen molar-refractivity contribution in [3.05, 3.63) is 71.0 Å². The maximum Gasteiger partial charge on any atom is 0.254 e. The summed E-state index contributed by atoms with van der Waals surface area (Å²) in [5.41, 5.74) is 0.206. The summed E-state index contributed by atoms with van der Waals surface area (Å²) in [5, 5.41) is 13.0. The van der Waals surface area contributed by atoms with E-state index in [4.69, 9.17) is 0 Å². The van der Waals surface area contributed by atoms with Crippen molar-refractivity contribution in [1.82, 2.24) is 5.32 Å². The van der Waals surface area contributed by atoms with Crippen LogP contribution in [-0.4, -0.2) is 17.6 Å². The maximum atomic E-state index is 13.7. The Hall–Kier alpha value is -2.20. The van der Waals surface area contributed by atoms with Gasteiger partial charge < -0.3 is 10.4 Å². The zero-order valence-electron chi connectivity index (χ0n) is 12.1. The highest BCUT2D eigenvalue weighted by Gasteiger charge is 2.24. The van der Waals surface area contributed by atoms with Crippen LogP contribution in [-0.2, 0) is 5.60 Å². The van der Waals surface area contributed by atoms with Gasteiger partial charge in [0.05, 0.1) is 12.1 Å². The summed E-state index contributed by atoms with van der Waals surface area (Å²) in [4.78, 5) is 12.0. The normalized spacial score (nSPS) is 13.5. The van der Waals surface area contributed by atoms with Crippen molar-refractivity contribution in [2.45, 2.75) is 19.4 Å². The molecule has 1 atom stereocenters. The summed E-state index contributed by atoms with van der Waals surface area (Å²) < 4.78 is 13.7. The molecule has 0 fully saturated rings. The third-order valence-electron chi connectivity index (χ3n) is 3.36. The summed E-state index contributed by atoms with van der Waals surface area (Å²) >= 11 is 0. The summed E-state index contributed by atoms with van der Waals surface area (Å²) in [6, 6.07) is 13.4. The van der Waals surface area contributed by atoms with Crippen molar-refractivity contribution in [3.63, 3.8) is 0 Å². The molecule has 0 aliphatic rings. The number of halogens is 1. The van der Waals surface area contributed by atoms with E-state index in [-0.39, 0.29) is 12.1 Å². The topological polar surface area (TPSA) is 49.3 Å². The molecule has 21 heavy (non-hydrogen) atoms. The summed E-state index contributed by atoms with van der Waals surface area (Å²) in [6.45, 7) is 3.36. The zero-order chi connectivity index (χ0) is 15.5. The molecule has 0 spiro atoms. The molecule has 2 aromatic rings. The average molecular weight is 287 g/mol. The van der Waals surface area contributed by atoms with Crippen LogP contribution in [0, 0.1) is 12.7 Å². The zero-order valence-corrected chi connectivity index (χ0v) is 12.1. The van der Waals surface area contributed by atoms with E-state index < -0.39 is 17.3 Å².